The molecule has 1 aromatic carbocycles. The van der Waals surface area contributed by atoms with E-state index in [2.05, 4.69) is 15.0 Å². The van der Waals surface area contributed by atoms with Crippen molar-refractivity contribution in [1.82, 2.24) is 19.7 Å². The van der Waals surface area contributed by atoms with Gasteiger partial charge in [0.1, 0.15) is 5.69 Å². The van der Waals surface area contributed by atoms with Crippen molar-refractivity contribution >= 4 is 10.0 Å². The number of hydrogen-bond acceptors (Lipinski definition) is 5. The first-order chi connectivity index (χ1) is 11.1. The SMILES string of the molecule is CCCS(=O)(=O)NCC1Cn2nnc(-c3ccccc3)c2CO1. The lowest BCUT2D eigenvalue weighted by atomic mass is 10.1. The van der Waals surface area contributed by atoms with E-state index in [1.807, 2.05) is 37.3 Å². The molecule has 0 bridgehead atoms. The number of benzene rings is 1. The molecule has 0 fully saturated rings. The molecule has 0 spiro atoms. The molecule has 0 radical (unpaired) electrons. The van der Waals surface area contributed by atoms with Gasteiger partial charge in [0.15, 0.2) is 0 Å². The number of rotatable bonds is 6. The molecule has 23 heavy (non-hydrogen) atoms. The molecule has 3 rings (SSSR count). The molecule has 2 aromatic rings. The smallest absolute Gasteiger partial charge is 0.211 e. The number of sulfonamides is 1. The van der Waals surface area contributed by atoms with Crippen molar-refractivity contribution in [3.63, 3.8) is 0 Å². The summed E-state index contributed by atoms with van der Waals surface area (Å²) in [6.07, 6.45) is 0.355. The zero-order valence-electron chi connectivity index (χ0n) is 13.0. The fraction of sp³-hybridized carbons (Fsp3) is 0.467. The highest BCUT2D eigenvalue weighted by Crippen LogP contribution is 2.24. The van der Waals surface area contributed by atoms with E-state index in [1.165, 1.54) is 0 Å². The lowest BCUT2D eigenvalue weighted by Crippen LogP contribution is -2.39. The minimum Gasteiger partial charge on any atom is -0.369 e. The quantitative estimate of drug-likeness (QED) is 0.856. The first-order valence-electron chi connectivity index (χ1n) is 7.66. The van der Waals surface area contributed by atoms with E-state index in [0.717, 1.165) is 17.0 Å². The zero-order chi connectivity index (χ0) is 16.3. The summed E-state index contributed by atoms with van der Waals surface area (Å²) >= 11 is 0. The maximum absolute atomic E-state index is 11.7. The van der Waals surface area contributed by atoms with Gasteiger partial charge in [0, 0.05) is 12.1 Å². The van der Waals surface area contributed by atoms with Crippen molar-refractivity contribution in [2.75, 3.05) is 12.3 Å². The normalized spacial score (nSPS) is 17.9. The molecule has 0 saturated heterocycles. The maximum Gasteiger partial charge on any atom is 0.211 e. The third-order valence-corrected chi connectivity index (χ3v) is 5.27. The van der Waals surface area contributed by atoms with Crippen LogP contribution in [0.2, 0.25) is 0 Å². The Balaban J connectivity index is 1.68. The molecule has 1 aromatic heterocycles. The lowest BCUT2D eigenvalue weighted by molar-refractivity contribution is 0.00432. The number of ether oxygens (including phenoxy) is 1. The molecule has 0 amide bonds. The summed E-state index contributed by atoms with van der Waals surface area (Å²) in [6.45, 7) is 2.95. The molecule has 0 aliphatic carbocycles. The van der Waals surface area contributed by atoms with E-state index in [4.69, 9.17) is 4.74 Å². The predicted molar refractivity (Wildman–Crippen MR) is 86.1 cm³/mol. The van der Waals surface area contributed by atoms with E-state index < -0.39 is 10.0 Å². The van der Waals surface area contributed by atoms with E-state index in [9.17, 15) is 8.42 Å². The van der Waals surface area contributed by atoms with Crippen LogP contribution in [0.4, 0.5) is 0 Å². The summed E-state index contributed by atoms with van der Waals surface area (Å²) in [5, 5.41) is 8.41. The summed E-state index contributed by atoms with van der Waals surface area (Å²) in [4.78, 5) is 0. The first kappa shape index (κ1) is 16.1. The zero-order valence-corrected chi connectivity index (χ0v) is 13.8. The van der Waals surface area contributed by atoms with E-state index in [1.54, 1.807) is 4.68 Å². The second kappa shape index (κ2) is 6.77. The van der Waals surface area contributed by atoms with Crippen LogP contribution in [0.1, 0.15) is 19.0 Å². The second-order valence-electron chi connectivity index (χ2n) is 5.53. The van der Waals surface area contributed by atoms with E-state index in [-0.39, 0.29) is 18.4 Å². The molecular formula is C15H20N4O3S. The summed E-state index contributed by atoms with van der Waals surface area (Å²) in [5.41, 5.74) is 2.74. The molecule has 124 valence electrons. The van der Waals surface area contributed by atoms with Crippen LogP contribution in [0.15, 0.2) is 30.3 Å². The van der Waals surface area contributed by atoms with Gasteiger partial charge in [-0.3, -0.25) is 0 Å². The van der Waals surface area contributed by atoms with Gasteiger partial charge in [0.2, 0.25) is 10.0 Å². The second-order valence-corrected chi connectivity index (χ2v) is 7.46. The van der Waals surface area contributed by atoms with Crippen molar-refractivity contribution in [3.05, 3.63) is 36.0 Å². The minimum atomic E-state index is -3.22. The Morgan fingerprint density at radius 2 is 2.13 bits per heavy atom. The van der Waals surface area contributed by atoms with Crippen LogP contribution in [-0.4, -0.2) is 41.8 Å². The van der Waals surface area contributed by atoms with Crippen LogP contribution in [0.25, 0.3) is 11.3 Å². The van der Waals surface area contributed by atoms with E-state index >= 15 is 0 Å². The number of fused-ring (bicyclic) bond motifs is 1. The molecule has 1 N–H and O–H groups in total. The molecule has 7 nitrogen and oxygen atoms in total. The topological polar surface area (TPSA) is 86.1 Å². The van der Waals surface area contributed by atoms with Crippen LogP contribution in [0.5, 0.6) is 0 Å². The highest BCUT2D eigenvalue weighted by molar-refractivity contribution is 7.89. The average molecular weight is 336 g/mol. The molecule has 1 aliphatic rings. The molecule has 0 saturated carbocycles. The Morgan fingerprint density at radius 3 is 2.87 bits per heavy atom. The molecule has 8 heteroatoms. The van der Waals surface area contributed by atoms with Gasteiger partial charge in [-0.15, -0.1) is 5.10 Å². The van der Waals surface area contributed by atoms with Gasteiger partial charge in [-0.05, 0) is 6.42 Å². The van der Waals surface area contributed by atoms with Crippen LogP contribution >= 0.6 is 0 Å². The summed E-state index contributed by atoms with van der Waals surface area (Å²) in [5.74, 6) is 0.131. The Kier molecular flexibility index (Phi) is 4.74. The number of aromatic nitrogens is 3. The molecule has 1 unspecified atom stereocenters. The van der Waals surface area contributed by atoms with Gasteiger partial charge in [0.25, 0.3) is 0 Å². The average Bonchev–Trinajstić information content (AvgIpc) is 2.97. The number of nitrogens with one attached hydrogen (secondary N) is 1. The Morgan fingerprint density at radius 1 is 1.35 bits per heavy atom. The van der Waals surface area contributed by atoms with Gasteiger partial charge in [-0.1, -0.05) is 42.5 Å². The highest BCUT2D eigenvalue weighted by atomic mass is 32.2. The summed E-state index contributed by atoms with van der Waals surface area (Å²) in [6, 6.07) is 9.83. The van der Waals surface area contributed by atoms with Crippen molar-refractivity contribution in [1.29, 1.82) is 0 Å². The van der Waals surface area contributed by atoms with E-state index in [0.29, 0.717) is 19.6 Å². The molecule has 1 aliphatic heterocycles. The molecule has 1 atom stereocenters. The third-order valence-electron chi connectivity index (χ3n) is 3.72. The van der Waals surface area contributed by atoms with Gasteiger partial charge < -0.3 is 4.74 Å². The van der Waals surface area contributed by atoms with Crippen molar-refractivity contribution in [2.24, 2.45) is 0 Å². The van der Waals surface area contributed by atoms with Crippen molar-refractivity contribution in [3.8, 4) is 11.3 Å². The monoisotopic (exact) mass is 336 g/mol. The van der Waals surface area contributed by atoms with Gasteiger partial charge in [-0.25, -0.2) is 17.8 Å². The largest absolute Gasteiger partial charge is 0.369 e. The van der Waals surface area contributed by atoms with Crippen LogP contribution in [0.3, 0.4) is 0 Å². The summed E-state index contributed by atoms with van der Waals surface area (Å²) in [7, 11) is -3.22. The number of nitrogens with zero attached hydrogens (tertiary/aromatic N) is 3. The van der Waals surface area contributed by atoms with Crippen LogP contribution in [-0.2, 0) is 27.9 Å². The van der Waals surface area contributed by atoms with Crippen LogP contribution in [0, 0.1) is 0 Å². The highest BCUT2D eigenvalue weighted by Gasteiger charge is 2.25. The standard InChI is InChI=1S/C15H20N4O3S/c1-2-8-23(20,21)16-9-13-10-19-14(11-22-13)15(17-18-19)12-6-4-3-5-7-12/h3-7,13,16H,2,8-11H2,1H3. The van der Waals surface area contributed by atoms with Gasteiger partial charge in [-0.2, -0.15) is 0 Å². The van der Waals surface area contributed by atoms with Gasteiger partial charge in [0.05, 0.1) is 30.7 Å². The maximum atomic E-state index is 11.7. The van der Waals surface area contributed by atoms with Gasteiger partial charge >= 0.3 is 0 Å². The third kappa shape index (κ3) is 3.77. The number of hydrogen-bond donors (Lipinski definition) is 1. The predicted octanol–water partition coefficient (Wildman–Crippen LogP) is 1.17. The first-order valence-corrected chi connectivity index (χ1v) is 9.31. The minimum absolute atomic E-state index is 0.131. The van der Waals surface area contributed by atoms with Crippen molar-refractivity contribution < 1.29 is 13.2 Å². The van der Waals surface area contributed by atoms with Crippen molar-refractivity contribution in [2.45, 2.75) is 32.6 Å². The Hall–Kier alpha value is -1.77. The fourth-order valence-corrected chi connectivity index (χ4v) is 3.69. The molecule has 2 heterocycles. The molecular weight excluding hydrogens is 316 g/mol. The fourth-order valence-electron chi connectivity index (χ4n) is 2.57. The Bertz CT molecular complexity index is 758. The summed E-state index contributed by atoms with van der Waals surface area (Å²) < 4.78 is 33.6. The Labute approximate surface area is 135 Å². The lowest BCUT2D eigenvalue weighted by Gasteiger charge is -2.24. The van der Waals surface area contributed by atoms with Crippen LogP contribution < -0.4 is 4.72 Å².